The Labute approximate surface area is 99.9 Å². The van der Waals surface area contributed by atoms with E-state index >= 15 is 0 Å². The second-order valence-electron chi connectivity index (χ2n) is 3.15. The van der Waals surface area contributed by atoms with Crippen LogP contribution in [-0.4, -0.2) is 15.6 Å². The third kappa shape index (κ3) is 2.18. The second-order valence-corrected chi connectivity index (χ2v) is 4.92. The molecule has 2 heterocycles. The molecule has 5 heteroatoms. The van der Waals surface area contributed by atoms with Crippen LogP contribution in [0.2, 0.25) is 0 Å². The number of Topliss-reactive ketones (excluding diaryl/α,β-unsaturated/α-hetero) is 1. The van der Waals surface area contributed by atoms with Crippen LogP contribution >= 0.6 is 27.3 Å². The molecule has 0 aliphatic heterocycles. The van der Waals surface area contributed by atoms with E-state index in [-0.39, 0.29) is 5.78 Å². The van der Waals surface area contributed by atoms with Crippen LogP contribution in [0, 0.1) is 6.92 Å². The molecule has 0 spiro atoms. The van der Waals surface area contributed by atoms with Gasteiger partial charge in [-0.05, 0) is 40.4 Å². The van der Waals surface area contributed by atoms with E-state index in [1.807, 2.05) is 24.4 Å². The van der Waals surface area contributed by atoms with Crippen LogP contribution in [-0.2, 0) is 6.54 Å². The summed E-state index contributed by atoms with van der Waals surface area (Å²) in [5, 5.41) is 5.98. The molecule has 0 saturated carbocycles. The Hall–Kier alpha value is -0.940. The molecule has 0 unspecified atom stereocenters. The number of rotatable bonds is 3. The predicted molar refractivity (Wildman–Crippen MR) is 63.3 cm³/mol. The lowest BCUT2D eigenvalue weighted by Gasteiger charge is -2.02. The van der Waals surface area contributed by atoms with E-state index in [9.17, 15) is 4.79 Å². The molecule has 0 aliphatic rings. The van der Waals surface area contributed by atoms with Crippen LogP contribution in [0.15, 0.2) is 28.2 Å². The standard InChI is InChI=1S/C10H9BrN2OS/c1-7-2-4-12-13(7)6-9(14)10-8(11)3-5-15-10/h2-5H,6H2,1H3. The third-order valence-electron chi connectivity index (χ3n) is 2.09. The van der Waals surface area contributed by atoms with Gasteiger partial charge >= 0.3 is 0 Å². The minimum Gasteiger partial charge on any atom is -0.291 e. The summed E-state index contributed by atoms with van der Waals surface area (Å²) in [5.74, 6) is 0.0867. The molecule has 0 atom stereocenters. The largest absolute Gasteiger partial charge is 0.291 e. The predicted octanol–water partition coefficient (Wildman–Crippen LogP) is 2.90. The number of nitrogens with zero attached hydrogens (tertiary/aromatic N) is 2. The third-order valence-corrected chi connectivity index (χ3v) is 3.97. The fourth-order valence-corrected chi connectivity index (χ4v) is 2.79. The molecule has 2 rings (SSSR count). The number of carbonyl (C=O) groups excluding carboxylic acids is 1. The molecular weight excluding hydrogens is 276 g/mol. The fourth-order valence-electron chi connectivity index (χ4n) is 1.26. The molecule has 0 saturated heterocycles. The van der Waals surface area contributed by atoms with Crippen molar-refractivity contribution >= 4 is 33.0 Å². The fraction of sp³-hybridized carbons (Fsp3) is 0.200. The summed E-state index contributed by atoms with van der Waals surface area (Å²) in [6.45, 7) is 2.24. The normalized spacial score (nSPS) is 10.5. The SMILES string of the molecule is Cc1ccnn1CC(=O)c1sccc1Br. The van der Waals surface area contributed by atoms with E-state index in [0.717, 1.165) is 15.0 Å². The number of aromatic nitrogens is 2. The van der Waals surface area contributed by atoms with Gasteiger partial charge in [-0.2, -0.15) is 5.10 Å². The van der Waals surface area contributed by atoms with Gasteiger partial charge in [0.1, 0.15) is 6.54 Å². The maximum Gasteiger partial charge on any atom is 0.195 e. The van der Waals surface area contributed by atoms with E-state index in [1.165, 1.54) is 11.3 Å². The highest BCUT2D eigenvalue weighted by atomic mass is 79.9. The van der Waals surface area contributed by atoms with Gasteiger partial charge in [-0.1, -0.05) is 0 Å². The first-order valence-corrected chi connectivity index (χ1v) is 6.10. The van der Waals surface area contributed by atoms with Gasteiger partial charge in [-0.15, -0.1) is 11.3 Å². The maximum absolute atomic E-state index is 11.9. The summed E-state index contributed by atoms with van der Waals surface area (Å²) >= 11 is 4.80. The molecule has 0 fully saturated rings. The molecule has 0 aromatic carbocycles. The lowest BCUT2D eigenvalue weighted by atomic mass is 10.3. The Morgan fingerprint density at radius 1 is 1.60 bits per heavy atom. The van der Waals surface area contributed by atoms with Crippen molar-refractivity contribution in [3.8, 4) is 0 Å². The van der Waals surface area contributed by atoms with E-state index in [4.69, 9.17) is 0 Å². The Morgan fingerprint density at radius 3 is 2.93 bits per heavy atom. The van der Waals surface area contributed by atoms with Crippen molar-refractivity contribution in [3.63, 3.8) is 0 Å². The van der Waals surface area contributed by atoms with Gasteiger partial charge in [0, 0.05) is 16.4 Å². The number of carbonyl (C=O) groups is 1. The quantitative estimate of drug-likeness (QED) is 0.813. The average molecular weight is 285 g/mol. The van der Waals surface area contributed by atoms with Crippen LogP contribution in [0.3, 0.4) is 0 Å². The number of aryl methyl sites for hydroxylation is 1. The first-order valence-electron chi connectivity index (χ1n) is 4.43. The number of hydrogen-bond donors (Lipinski definition) is 0. The van der Waals surface area contributed by atoms with Gasteiger partial charge in [0.2, 0.25) is 0 Å². The van der Waals surface area contributed by atoms with E-state index in [1.54, 1.807) is 10.9 Å². The lowest BCUT2D eigenvalue weighted by molar-refractivity contribution is 0.0970. The van der Waals surface area contributed by atoms with Gasteiger partial charge in [0.15, 0.2) is 5.78 Å². The molecule has 0 radical (unpaired) electrons. The van der Waals surface area contributed by atoms with Gasteiger partial charge in [0.05, 0.1) is 4.88 Å². The topological polar surface area (TPSA) is 34.9 Å². The summed E-state index contributed by atoms with van der Waals surface area (Å²) in [7, 11) is 0. The number of ketones is 1. The molecule has 0 N–H and O–H groups in total. The van der Waals surface area contributed by atoms with Gasteiger partial charge in [-0.25, -0.2) is 0 Å². The molecule has 0 aliphatic carbocycles. The smallest absolute Gasteiger partial charge is 0.195 e. The highest BCUT2D eigenvalue weighted by Gasteiger charge is 2.12. The van der Waals surface area contributed by atoms with Crippen molar-refractivity contribution in [1.29, 1.82) is 0 Å². The summed E-state index contributed by atoms with van der Waals surface area (Å²) in [6, 6.07) is 3.77. The van der Waals surface area contributed by atoms with E-state index < -0.39 is 0 Å². The molecular formula is C10H9BrN2OS. The Bertz CT molecular complexity index is 489. The molecule has 78 valence electrons. The second kappa shape index (κ2) is 4.28. The number of hydrogen-bond acceptors (Lipinski definition) is 3. The molecule has 2 aromatic heterocycles. The molecule has 3 nitrogen and oxygen atoms in total. The van der Waals surface area contributed by atoms with Gasteiger partial charge in [0.25, 0.3) is 0 Å². The first kappa shape index (κ1) is 10.6. The monoisotopic (exact) mass is 284 g/mol. The summed E-state index contributed by atoms with van der Waals surface area (Å²) in [6.07, 6.45) is 1.70. The number of halogens is 1. The van der Waals surface area contributed by atoms with Crippen molar-refractivity contribution in [2.75, 3.05) is 0 Å². The van der Waals surface area contributed by atoms with Crippen LogP contribution in [0.5, 0.6) is 0 Å². The van der Waals surface area contributed by atoms with Crippen molar-refractivity contribution in [3.05, 3.63) is 38.8 Å². The zero-order valence-electron chi connectivity index (χ0n) is 8.11. The molecule has 0 amide bonds. The van der Waals surface area contributed by atoms with Gasteiger partial charge in [-0.3, -0.25) is 9.48 Å². The summed E-state index contributed by atoms with van der Waals surface area (Å²) < 4.78 is 2.57. The average Bonchev–Trinajstić information content (AvgIpc) is 2.76. The van der Waals surface area contributed by atoms with Crippen LogP contribution < -0.4 is 0 Å². The van der Waals surface area contributed by atoms with Crippen molar-refractivity contribution < 1.29 is 4.79 Å². The van der Waals surface area contributed by atoms with E-state index in [0.29, 0.717) is 6.54 Å². The van der Waals surface area contributed by atoms with Crippen molar-refractivity contribution in [2.24, 2.45) is 0 Å². The molecule has 2 aromatic rings. The zero-order chi connectivity index (χ0) is 10.8. The van der Waals surface area contributed by atoms with Gasteiger partial charge < -0.3 is 0 Å². The first-order chi connectivity index (χ1) is 7.18. The van der Waals surface area contributed by atoms with Crippen LogP contribution in [0.4, 0.5) is 0 Å². The highest BCUT2D eigenvalue weighted by molar-refractivity contribution is 9.10. The minimum absolute atomic E-state index is 0.0867. The van der Waals surface area contributed by atoms with Crippen molar-refractivity contribution in [1.82, 2.24) is 9.78 Å². The molecule has 15 heavy (non-hydrogen) atoms. The van der Waals surface area contributed by atoms with Crippen LogP contribution in [0.25, 0.3) is 0 Å². The Morgan fingerprint density at radius 2 is 2.40 bits per heavy atom. The summed E-state index contributed by atoms with van der Waals surface area (Å²) in [4.78, 5) is 12.6. The Balaban J connectivity index is 2.18. The maximum atomic E-state index is 11.9. The summed E-state index contributed by atoms with van der Waals surface area (Å²) in [5.41, 5.74) is 0.996. The molecule has 0 bridgehead atoms. The Kier molecular flexibility index (Phi) is 3.02. The number of thiophene rings is 1. The van der Waals surface area contributed by atoms with Crippen molar-refractivity contribution in [2.45, 2.75) is 13.5 Å². The lowest BCUT2D eigenvalue weighted by Crippen LogP contribution is -2.11. The highest BCUT2D eigenvalue weighted by Crippen LogP contribution is 2.23. The minimum atomic E-state index is 0.0867. The van der Waals surface area contributed by atoms with Crippen LogP contribution in [0.1, 0.15) is 15.4 Å². The van der Waals surface area contributed by atoms with E-state index in [2.05, 4.69) is 21.0 Å². The zero-order valence-corrected chi connectivity index (χ0v) is 10.5.